The first-order valence-corrected chi connectivity index (χ1v) is 9.60. The number of hydrogen-bond acceptors (Lipinski definition) is 3. The van der Waals surface area contributed by atoms with Crippen molar-refractivity contribution >= 4 is 5.69 Å². The van der Waals surface area contributed by atoms with Crippen LogP contribution >= 0.6 is 0 Å². The Labute approximate surface area is 160 Å². The predicted molar refractivity (Wildman–Crippen MR) is 109 cm³/mol. The van der Waals surface area contributed by atoms with Gasteiger partial charge in [0, 0.05) is 17.8 Å². The van der Waals surface area contributed by atoms with Crippen LogP contribution in [0.3, 0.4) is 0 Å². The molecule has 0 radical (unpaired) electrons. The molecule has 27 heavy (non-hydrogen) atoms. The molecule has 0 amide bonds. The van der Waals surface area contributed by atoms with Gasteiger partial charge in [0.25, 0.3) is 0 Å². The molecule has 3 aromatic rings. The summed E-state index contributed by atoms with van der Waals surface area (Å²) in [4.78, 5) is 0. The molecule has 5 rings (SSSR count). The third-order valence-electron chi connectivity index (χ3n) is 5.45. The van der Waals surface area contributed by atoms with Gasteiger partial charge in [-0.1, -0.05) is 42.5 Å². The van der Waals surface area contributed by atoms with Crippen molar-refractivity contribution in [3.63, 3.8) is 0 Å². The first-order valence-electron chi connectivity index (χ1n) is 9.60. The molecule has 0 bridgehead atoms. The van der Waals surface area contributed by atoms with E-state index in [0.29, 0.717) is 0 Å². The lowest BCUT2D eigenvalue weighted by Gasteiger charge is -2.30. The van der Waals surface area contributed by atoms with Crippen LogP contribution in [0.15, 0.2) is 66.7 Å². The summed E-state index contributed by atoms with van der Waals surface area (Å²) in [6.45, 7) is 1.05. The molecule has 136 valence electrons. The number of methoxy groups -OCH3 is 1. The largest absolute Gasteiger partial charge is 0.496 e. The Balaban J connectivity index is 1.63. The minimum atomic E-state index is -0.122. The number of benzene rings is 3. The van der Waals surface area contributed by atoms with Crippen molar-refractivity contribution in [2.45, 2.75) is 18.9 Å². The lowest BCUT2D eigenvalue weighted by atomic mass is 9.88. The summed E-state index contributed by atoms with van der Waals surface area (Å²) in [5.41, 5.74) is 5.71. The van der Waals surface area contributed by atoms with Crippen LogP contribution in [-0.2, 0) is 0 Å². The molecule has 1 atom stereocenters. The van der Waals surface area contributed by atoms with Crippen molar-refractivity contribution in [3.8, 4) is 22.6 Å². The van der Waals surface area contributed by atoms with E-state index in [9.17, 15) is 0 Å². The lowest BCUT2D eigenvalue weighted by Crippen LogP contribution is -2.16. The molecule has 3 heteroatoms. The zero-order chi connectivity index (χ0) is 18.2. The fourth-order valence-corrected chi connectivity index (χ4v) is 3.81. The summed E-state index contributed by atoms with van der Waals surface area (Å²) >= 11 is 0. The fourth-order valence-electron chi connectivity index (χ4n) is 3.81. The third kappa shape index (κ3) is 3.03. The Hall–Kier alpha value is -2.94. The zero-order valence-corrected chi connectivity index (χ0v) is 15.4. The Bertz CT molecular complexity index is 963. The molecule has 2 aliphatic rings. The maximum absolute atomic E-state index is 6.47. The van der Waals surface area contributed by atoms with Crippen molar-refractivity contribution in [1.82, 2.24) is 0 Å². The molecule has 1 unspecified atom stereocenters. The van der Waals surface area contributed by atoms with Crippen LogP contribution < -0.4 is 14.8 Å². The minimum absolute atomic E-state index is 0.122. The molecular formula is C24H23NO2. The highest BCUT2D eigenvalue weighted by Gasteiger charge is 2.30. The standard InChI is InChI=1S/C24H23NO2/c1-26-21-8-5-9-22-23(21)19-13-12-18(25-15-16-10-11-16)14-20(19)24(27-22)17-6-3-2-4-7-17/h2-9,12-14,16,24-25H,10-11,15H2,1H3. The highest BCUT2D eigenvalue weighted by molar-refractivity contribution is 5.83. The maximum atomic E-state index is 6.47. The first-order chi connectivity index (χ1) is 13.3. The molecular weight excluding hydrogens is 334 g/mol. The molecule has 1 aliphatic carbocycles. The second-order valence-electron chi connectivity index (χ2n) is 7.37. The zero-order valence-electron chi connectivity index (χ0n) is 15.4. The van der Waals surface area contributed by atoms with E-state index in [-0.39, 0.29) is 6.10 Å². The second kappa shape index (κ2) is 6.66. The van der Waals surface area contributed by atoms with Gasteiger partial charge in [-0.3, -0.25) is 0 Å². The summed E-state index contributed by atoms with van der Waals surface area (Å²) in [7, 11) is 1.71. The van der Waals surface area contributed by atoms with Gasteiger partial charge in [0.15, 0.2) is 0 Å². The smallest absolute Gasteiger partial charge is 0.150 e. The van der Waals surface area contributed by atoms with Crippen LogP contribution in [0, 0.1) is 5.92 Å². The van der Waals surface area contributed by atoms with Gasteiger partial charge in [0.2, 0.25) is 0 Å². The van der Waals surface area contributed by atoms with Crippen LogP contribution in [0.1, 0.15) is 30.1 Å². The van der Waals surface area contributed by atoms with E-state index in [1.165, 1.54) is 24.0 Å². The van der Waals surface area contributed by atoms with Gasteiger partial charge in [0.1, 0.15) is 17.6 Å². The maximum Gasteiger partial charge on any atom is 0.150 e. The van der Waals surface area contributed by atoms with Crippen molar-refractivity contribution in [1.29, 1.82) is 0 Å². The molecule has 1 aliphatic heterocycles. The Morgan fingerprint density at radius 3 is 2.63 bits per heavy atom. The quantitative estimate of drug-likeness (QED) is 0.638. The third-order valence-corrected chi connectivity index (χ3v) is 5.45. The van der Waals surface area contributed by atoms with E-state index in [1.54, 1.807) is 7.11 Å². The molecule has 0 spiro atoms. The highest BCUT2D eigenvalue weighted by Crippen LogP contribution is 2.49. The summed E-state index contributed by atoms with van der Waals surface area (Å²) in [6.07, 6.45) is 2.57. The molecule has 1 heterocycles. The van der Waals surface area contributed by atoms with Gasteiger partial charge in [-0.2, -0.15) is 0 Å². The summed E-state index contributed by atoms with van der Waals surface area (Å²) in [5, 5.41) is 3.59. The number of fused-ring (bicyclic) bond motifs is 3. The van der Waals surface area contributed by atoms with E-state index < -0.39 is 0 Å². The molecule has 3 aromatic carbocycles. The number of nitrogens with one attached hydrogen (secondary N) is 1. The molecule has 0 saturated heterocycles. The molecule has 1 saturated carbocycles. The van der Waals surface area contributed by atoms with Crippen molar-refractivity contribution in [3.05, 3.63) is 77.9 Å². The molecule has 1 fully saturated rings. The van der Waals surface area contributed by atoms with Crippen molar-refractivity contribution in [2.75, 3.05) is 19.0 Å². The van der Waals surface area contributed by atoms with E-state index in [4.69, 9.17) is 9.47 Å². The van der Waals surface area contributed by atoms with Crippen molar-refractivity contribution < 1.29 is 9.47 Å². The average molecular weight is 357 g/mol. The van der Waals surface area contributed by atoms with E-state index in [2.05, 4.69) is 47.8 Å². The monoisotopic (exact) mass is 357 g/mol. The second-order valence-corrected chi connectivity index (χ2v) is 7.37. The van der Waals surface area contributed by atoms with Gasteiger partial charge in [-0.15, -0.1) is 0 Å². The first kappa shape index (κ1) is 16.2. The van der Waals surface area contributed by atoms with Crippen molar-refractivity contribution in [2.24, 2.45) is 5.92 Å². The number of rotatable bonds is 5. The van der Waals surface area contributed by atoms with Crippen LogP contribution in [0.2, 0.25) is 0 Å². The Morgan fingerprint density at radius 2 is 1.85 bits per heavy atom. The minimum Gasteiger partial charge on any atom is -0.496 e. The number of ether oxygens (including phenoxy) is 2. The predicted octanol–water partition coefficient (Wildman–Crippen LogP) is 5.67. The van der Waals surface area contributed by atoms with Gasteiger partial charge in [-0.25, -0.2) is 0 Å². The Morgan fingerprint density at radius 1 is 1.00 bits per heavy atom. The van der Waals surface area contributed by atoms with Crippen LogP contribution in [0.25, 0.3) is 11.1 Å². The van der Waals surface area contributed by atoms with Gasteiger partial charge < -0.3 is 14.8 Å². The van der Waals surface area contributed by atoms with Crippen LogP contribution in [-0.4, -0.2) is 13.7 Å². The topological polar surface area (TPSA) is 30.5 Å². The summed E-state index contributed by atoms with van der Waals surface area (Å²) < 4.78 is 12.1. The molecule has 0 aromatic heterocycles. The Kier molecular flexibility index (Phi) is 4.01. The molecule has 3 nitrogen and oxygen atoms in total. The average Bonchev–Trinajstić information content (AvgIpc) is 3.56. The van der Waals surface area contributed by atoms with Crippen LogP contribution in [0.4, 0.5) is 5.69 Å². The van der Waals surface area contributed by atoms with E-state index >= 15 is 0 Å². The van der Waals surface area contributed by atoms with Gasteiger partial charge in [-0.05, 0) is 54.2 Å². The van der Waals surface area contributed by atoms with Crippen LogP contribution in [0.5, 0.6) is 11.5 Å². The highest BCUT2D eigenvalue weighted by atomic mass is 16.5. The number of hydrogen-bond donors (Lipinski definition) is 1. The SMILES string of the molecule is COc1cccc2c1-c1ccc(NCC3CC3)cc1C(c1ccccc1)O2. The summed E-state index contributed by atoms with van der Waals surface area (Å²) in [5.74, 6) is 2.55. The fraction of sp³-hybridized carbons (Fsp3) is 0.250. The van der Waals surface area contributed by atoms with E-state index in [1.807, 2.05) is 24.3 Å². The lowest BCUT2D eigenvalue weighted by molar-refractivity contribution is 0.242. The number of anilines is 1. The van der Waals surface area contributed by atoms with Gasteiger partial charge in [0.05, 0.1) is 12.7 Å². The van der Waals surface area contributed by atoms with E-state index in [0.717, 1.165) is 40.8 Å². The van der Waals surface area contributed by atoms with Gasteiger partial charge >= 0.3 is 0 Å². The normalized spacial score (nSPS) is 17.4. The summed E-state index contributed by atoms with van der Waals surface area (Å²) in [6, 6.07) is 23.0. The molecule has 1 N–H and O–H groups in total.